The topological polar surface area (TPSA) is 68.0 Å². The Labute approximate surface area is 114 Å². The van der Waals surface area contributed by atoms with E-state index in [4.69, 9.17) is 0 Å². The van der Waals surface area contributed by atoms with Crippen molar-refractivity contribution in [3.05, 3.63) is 29.5 Å². The van der Waals surface area contributed by atoms with Gasteiger partial charge in [-0.2, -0.15) is 9.61 Å². The highest BCUT2D eigenvalue weighted by atomic mass is 32.1. The van der Waals surface area contributed by atoms with Gasteiger partial charge in [0.25, 0.3) is 0 Å². The van der Waals surface area contributed by atoms with Crippen LogP contribution in [0.15, 0.2) is 24.5 Å². The minimum absolute atomic E-state index is 0.221. The van der Waals surface area contributed by atoms with Crippen LogP contribution in [0.1, 0.15) is 24.9 Å². The minimum Gasteiger partial charge on any atom is -0.308 e. The number of nitrogens with one attached hydrogen (secondary N) is 1. The number of hydrogen-bond acceptors (Lipinski definition) is 6. The highest BCUT2D eigenvalue weighted by Crippen LogP contribution is 2.23. The van der Waals surface area contributed by atoms with Crippen molar-refractivity contribution in [1.82, 2.24) is 30.1 Å². The molecule has 0 aliphatic carbocycles. The van der Waals surface area contributed by atoms with Crippen molar-refractivity contribution in [2.75, 3.05) is 6.54 Å². The molecule has 0 saturated heterocycles. The molecule has 0 aliphatic rings. The summed E-state index contributed by atoms with van der Waals surface area (Å²) in [5.41, 5.74) is 0.919. The van der Waals surface area contributed by atoms with E-state index in [1.54, 1.807) is 28.2 Å². The van der Waals surface area contributed by atoms with Crippen molar-refractivity contribution < 1.29 is 0 Å². The second kappa shape index (κ2) is 5.02. The van der Waals surface area contributed by atoms with Gasteiger partial charge >= 0.3 is 0 Å². The molecule has 0 saturated carbocycles. The fourth-order valence-corrected chi connectivity index (χ4v) is 2.74. The van der Waals surface area contributed by atoms with Gasteiger partial charge in [-0.25, -0.2) is 0 Å². The Morgan fingerprint density at radius 2 is 2.32 bits per heavy atom. The molecule has 0 spiro atoms. The van der Waals surface area contributed by atoms with Crippen LogP contribution in [0, 0.1) is 0 Å². The molecule has 3 heterocycles. The quantitative estimate of drug-likeness (QED) is 0.787. The molecule has 0 radical (unpaired) electrons. The molecule has 0 aliphatic heterocycles. The van der Waals surface area contributed by atoms with Gasteiger partial charge in [-0.15, -0.1) is 10.2 Å². The first kappa shape index (κ1) is 12.2. The second-order valence-corrected chi connectivity index (χ2v) is 5.17. The molecule has 0 fully saturated rings. The highest BCUT2D eigenvalue weighted by molar-refractivity contribution is 7.16. The predicted molar refractivity (Wildman–Crippen MR) is 74.0 cm³/mol. The van der Waals surface area contributed by atoms with E-state index in [1.807, 2.05) is 12.1 Å². The summed E-state index contributed by atoms with van der Waals surface area (Å²) in [6.07, 6.45) is 3.50. The van der Waals surface area contributed by atoms with E-state index in [-0.39, 0.29) is 6.04 Å². The maximum Gasteiger partial charge on any atom is 0.235 e. The SMILES string of the molecule is CCNC(C)c1nn2c(-c3cccnc3)nnc2s1. The largest absolute Gasteiger partial charge is 0.308 e. The first-order valence-corrected chi connectivity index (χ1v) is 6.97. The lowest BCUT2D eigenvalue weighted by Crippen LogP contribution is -2.17. The van der Waals surface area contributed by atoms with E-state index >= 15 is 0 Å². The Balaban J connectivity index is 2.03. The van der Waals surface area contributed by atoms with E-state index in [0.717, 1.165) is 27.9 Å². The van der Waals surface area contributed by atoms with Crippen molar-refractivity contribution in [1.29, 1.82) is 0 Å². The summed E-state index contributed by atoms with van der Waals surface area (Å²) in [5, 5.41) is 17.3. The lowest BCUT2D eigenvalue weighted by Gasteiger charge is -2.06. The summed E-state index contributed by atoms with van der Waals surface area (Å²) in [7, 11) is 0. The Kier molecular flexibility index (Phi) is 3.22. The van der Waals surface area contributed by atoms with Crippen molar-refractivity contribution >= 4 is 16.3 Å². The summed E-state index contributed by atoms with van der Waals surface area (Å²) in [5.74, 6) is 0.731. The first-order chi connectivity index (χ1) is 9.29. The molecule has 98 valence electrons. The monoisotopic (exact) mass is 274 g/mol. The van der Waals surface area contributed by atoms with Crippen LogP contribution >= 0.6 is 11.3 Å². The molecule has 0 amide bonds. The summed E-state index contributed by atoms with van der Waals surface area (Å²) < 4.78 is 1.78. The summed E-state index contributed by atoms with van der Waals surface area (Å²) >= 11 is 1.56. The van der Waals surface area contributed by atoms with Gasteiger partial charge in [-0.05, 0) is 25.6 Å². The van der Waals surface area contributed by atoms with Crippen LogP contribution in [0.25, 0.3) is 16.3 Å². The van der Waals surface area contributed by atoms with Crippen LogP contribution in [0.4, 0.5) is 0 Å². The van der Waals surface area contributed by atoms with Crippen molar-refractivity contribution in [3.63, 3.8) is 0 Å². The van der Waals surface area contributed by atoms with E-state index < -0.39 is 0 Å². The Morgan fingerprint density at radius 1 is 1.42 bits per heavy atom. The minimum atomic E-state index is 0.221. The van der Waals surface area contributed by atoms with Gasteiger partial charge in [-0.1, -0.05) is 18.3 Å². The maximum atomic E-state index is 4.59. The van der Waals surface area contributed by atoms with Gasteiger partial charge in [0, 0.05) is 18.0 Å². The maximum absolute atomic E-state index is 4.59. The average molecular weight is 274 g/mol. The lowest BCUT2D eigenvalue weighted by molar-refractivity contribution is 0.587. The van der Waals surface area contributed by atoms with Gasteiger partial charge in [0.2, 0.25) is 4.96 Å². The van der Waals surface area contributed by atoms with Gasteiger partial charge in [0.15, 0.2) is 5.82 Å². The van der Waals surface area contributed by atoms with Gasteiger partial charge in [0.1, 0.15) is 5.01 Å². The molecule has 7 heteroatoms. The Hall–Kier alpha value is -1.86. The molecule has 0 bridgehead atoms. The highest BCUT2D eigenvalue weighted by Gasteiger charge is 2.16. The molecule has 19 heavy (non-hydrogen) atoms. The molecule has 0 aromatic carbocycles. The van der Waals surface area contributed by atoms with E-state index in [9.17, 15) is 0 Å². The van der Waals surface area contributed by atoms with E-state index in [1.165, 1.54) is 0 Å². The standard InChI is InChI=1S/C12H14N6S/c1-3-14-8(2)11-17-18-10(15-16-12(18)19-11)9-5-4-6-13-7-9/h4-8,14H,3H2,1-2H3. The lowest BCUT2D eigenvalue weighted by atomic mass is 10.3. The number of pyridine rings is 1. The third kappa shape index (κ3) is 2.22. The average Bonchev–Trinajstić information content (AvgIpc) is 2.99. The third-order valence-electron chi connectivity index (χ3n) is 2.81. The number of hydrogen-bond donors (Lipinski definition) is 1. The zero-order valence-electron chi connectivity index (χ0n) is 10.7. The van der Waals surface area contributed by atoms with Gasteiger partial charge in [-0.3, -0.25) is 4.98 Å². The molecule has 3 rings (SSSR count). The zero-order valence-corrected chi connectivity index (χ0v) is 11.6. The van der Waals surface area contributed by atoms with Crippen molar-refractivity contribution in [2.24, 2.45) is 0 Å². The number of rotatable bonds is 4. The number of aromatic nitrogens is 5. The molecule has 3 aromatic heterocycles. The molecular weight excluding hydrogens is 260 g/mol. The van der Waals surface area contributed by atoms with Crippen LogP contribution in [0.5, 0.6) is 0 Å². The van der Waals surface area contributed by atoms with Crippen LogP contribution in [0.3, 0.4) is 0 Å². The number of nitrogens with zero attached hydrogens (tertiary/aromatic N) is 5. The molecular formula is C12H14N6S. The molecule has 3 aromatic rings. The zero-order chi connectivity index (χ0) is 13.2. The Bertz CT molecular complexity index is 674. The van der Waals surface area contributed by atoms with E-state index in [0.29, 0.717) is 0 Å². The van der Waals surface area contributed by atoms with Crippen LogP contribution in [-0.4, -0.2) is 31.3 Å². The molecule has 1 atom stereocenters. The van der Waals surface area contributed by atoms with Crippen molar-refractivity contribution in [2.45, 2.75) is 19.9 Å². The smallest absolute Gasteiger partial charge is 0.235 e. The van der Waals surface area contributed by atoms with Crippen LogP contribution < -0.4 is 5.32 Å². The van der Waals surface area contributed by atoms with Crippen molar-refractivity contribution in [3.8, 4) is 11.4 Å². The van der Waals surface area contributed by atoms with Gasteiger partial charge in [0.05, 0.1) is 6.04 Å². The first-order valence-electron chi connectivity index (χ1n) is 6.15. The second-order valence-electron chi connectivity index (χ2n) is 4.18. The van der Waals surface area contributed by atoms with Crippen LogP contribution in [0.2, 0.25) is 0 Å². The number of fused-ring (bicyclic) bond motifs is 1. The van der Waals surface area contributed by atoms with Crippen LogP contribution in [-0.2, 0) is 0 Å². The van der Waals surface area contributed by atoms with E-state index in [2.05, 4.69) is 39.4 Å². The predicted octanol–water partition coefficient (Wildman–Crippen LogP) is 1.92. The molecule has 1 unspecified atom stereocenters. The fraction of sp³-hybridized carbons (Fsp3) is 0.333. The molecule has 1 N–H and O–H groups in total. The Morgan fingerprint density at radius 3 is 3.05 bits per heavy atom. The normalized spacial score (nSPS) is 12.9. The van der Waals surface area contributed by atoms with Gasteiger partial charge < -0.3 is 5.32 Å². The fourth-order valence-electron chi connectivity index (χ4n) is 1.88. The summed E-state index contributed by atoms with van der Waals surface area (Å²) in [4.78, 5) is 4.91. The summed E-state index contributed by atoms with van der Waals surface area (Å²) in [6, 6.07) is 4.06. The summed E-state index contributed by atoms with van der Waals surface area (Å²) in [6.45, 7) is 5.09. The third-order valence-corrected chi connectivity index (χ3v) is 3.89. The molecule has 6 nitrogen and oxygen atoms in total.